The molecule has 0 bridgehead atoms. The summed E-state index contributed by atoms with van der Waals surface area (Å²) >= 11 is 0. The molecule has 0 saturated carbocycles. The highest BCUT2D eigenvalue weighted by Crippen LogP contribution is 2.24. The fraction of sp³-hybridized carbons (Fsp3) is 0.261. The first-order valence-corrected chi connectivity index (χ1v) is 9.56. The van der Waals surface area contributed by atoms with E-state index in [4.69, 9.17) is 5.10 Å². The third kappa shape index (κ3) is 3.03. The summed E-state index contributed by atoms with van der Waals surface area (Å²) in [6.07, 6.45) is 1.77. The van der Waals surface area contributed by atoms with Gasteiger partial charge in [-0.25, -0.2) is 9.36 Å². The highest BCUT2D eigenvalue weighted by atomic mass is 16.1. The van der Waals surface area contributed by atoms with Gasteiger partial charge in [0.25, 0.3) is 5.56 Å². The van der Waals surface area contributed by atoms with Crippen molar-refractivity contribution in [2.45, 2.75) is 40.2 Å². The minimum atomic E-state index is -0.122. The number of hydrogen-bond donors (Lipinski definition) is 0. The number of para-hydroxylation sites is 1. The molecule has 0 unspecified atom stereocenters. The van der Waals surface area contributed by atoms with E-state index in [1.54, 1.807) is 15.6 Å². The number of nitrogens with zero attached hydrogens (tertiary/aromatic N) is 4. The van der Waals surface area contributed by atoms with E-state index in [0.717, 1.165) is 33.5 Å². The average Bonchev–Trinajstić information content (AvgIpc) is 3.11. The molecule has 2 aromatic heterocycles. The first-order valence-electron chi connectivity index (χ1n) is 9.56. The smallest absolute Gasteiger partial charge is 0.265 e. The highest BCUT2D eigenvalue weighted by molar-refractivity contribution is 5.82. The Hall–Kier alpha value is -3.21. The summed E-state index contributed by atoms with van der Waals surface area (Å²) in [4.78, 5) is 13.4. The lowest BCUT2D eigenvalue weighted by molar-refractivity contribution is 0.611. The van der Waals surface area contributed by atoms with Crippen LogP contribution in [-0.2, 0) is 6.54 Å². The number of rotatable bonds is 4. The van der Waals surface area contributed by atoms with E-state index in [1.807, 2.05) is 49.4 Å². The quantitative estimate of drug-likeness (QED) is 0.534. The predicted molar refractivity (Wildman–Crippen MR) is 112 cm³/mol. The standard InChI is InChI=1S/C23H24N4O/c1-15(2)21-19-13-24-27(20-12-8-6-10-17(20)4)22(19)23(28)26(25-21)14-18-11-7-5-9-16(18)3/h5-13,15H,14H2,1-4H3. The molecular formula is C23H24N4O. The van der Waals surface area contributed by atoms with Gasteiger partial charge in [0.15, 0.2) is 0 Å². The Balaban J connectivity index is 1.99. The largest absolute Gasteiger partial charge is 0.293 e. The van der Waals surface area contributed by atoms with E-state index in [9.17, 15) is 4.79 Å². The van der Waals surface area contributed by atoms with Crippen molar-refractivity contribution in [2.75, 3.05) is 0 Å². The molecular weight excluding hydrogens is 348 g/mol. The molecule has 0 aliphatic heterocycles. The predicted octanol–water partition coefficient (Wildman–Crippen LogP) is 4.37. The Morgan fingerprint density at radius 2 is 1.64 bits per heavy atom. The molecule has 2 heterocycles. The summed E-state index contributed by atoms with van der Waals surface area (Å²) in [6, 6.07) is 16.1. The Labute approximate surface area is 164 Å². The fourth-order valence-corrected chi connectivity index (χ4v) is 3.56. The molecule has 2 aromatic carbocycles. The van der Waals surface area contributed by atoms with Crippen LogP contribution >= 0.6 is 0 Å². The Kier molecular flexibility index (Phi) is 4.59. The molecule has 5 heteroatoms. The number of benzene rings is 2. The van der Waals surface area contributed by atoms with Crippen LogP contribution in [-0.4, -0.2) is 19.6 Å². The Morgan fingerprint density at radius 1 is 0.964 bits per heavy atom. The highest BCUT2D eigenvalue weighted by Gasteiger charge is 2.19. The molecule has 28 heavy (non-hydrogen) atoms. The third-order valence-corrected chi connectivity index (χ3v) is 5.18. The number of hydrogen-bond acceptors (Lipinski definition) is 3. The number of fused-ring (bicyclic) bond motifs is 1. The third-order valence-electron chi connectivity index (χ3n) is 5.18. The van der Waals surface area contributed by atoms with Crippen molar-refractivity contribution in [3.8, 4) is 5.69 Å². The van der Waals surface area contributed by atoms with E-state index in [-0.39, 0.29) is 11.5 Å². The molecule has 0 saturated heterocycles. The van der Waals surface area contributed by atoms with Gasteiger partial charge in [0.2, 0.25) is 0 Å². The Bertz CT molecular complexity index is 1220. The average molecular weight is 372 g/mol. The maximum atomic E-state index is 13.4. The molecule has 0 atom stereocenters. The molecule has 4 aromatic rings. The zero-order valence-electron chi connectivity index (χ0n) is 16.7. The summed E-state index contributed by atoms with van der Waals surface area (Å²) in [5.74, 6) is 0.181. The van der Waals surface area contributed by atoms with Crippen molar-refractivity contribution in [1.82, 2.24) is 19.6 Å². The van der Waals surface area contributed by atoms with E-state index in [2.05, 4.69) is 31.9 Å². The molecule has 142 valence electrons. The van der Waals surface area contributed by atoms with Crippen LogP contribution in [0.25, 0.3) is 16.6 Å². The van der Waals surface area contributed by atoms with Crippen molar-refractivity contribution >= 4 is 10.9 Å². The van der Waals surface area contributed by atoms with Crippen LogP contribution in [0.2, 0.25) is 0 Å². The zero-order valence-corrected chi connectivity index (χ0v) is 16.7. The van der Waals surface area contributed by atoms with E-state index >= 15 is 0 Å². The van der Waals surface area contributed by atoms with E-state index in [0.29, 0.717) is 12.1 Å². The first kappa shape index (κ1) is 18.2. The van der Waals surface area contributed by atoms with Gasteiger partial charge in [-0.05, 0) is 42.5 Å². The second-order valence-corrected chi connectivity index (χ2v) is 7.53. The molecule has 0 aliphatic rings. The topological polar surface area (TPSA) is 52.7 Å². The Morgan fingerprint density at radius 3 is 2.32 bits per heavy atom. The maximum absolute atomic E-state index is 13.4. The van der Waals surface area contributed by atoms with Crippen molar-refractivity contribution in [2.24, 2.45) is 0 Å². The zero-order chi connectivity index (χ0) is 19.8. The lowest BCUT2D eigenvalue weighted by Gasteiger charge is -2.13. The summed E-state index contributed by atoms with van der Waals surface area (Å²) in [5, 5.41) is 10.1. The lowest BCUT2D eigenvalue weighted by atomic mass is 10.1. The van der Waals surface area contributed by atoms with Crippen molar-refractivity contribution in [3.05, 3.63) is 87.5 Å². The van der Waals surface area contributed by atoms with Crippen LogP contribution in [0.1, 0.15) is 42.1 Å². The maximum Gasteiger partial charge on any atom is 0.293 e. The van der Waals surface area contributed by atoms with E-state index in [1.165, 1.54) is 0 Å². The fourth-order valence-electron chi connectivity index (χ4n) is 3.56. The number of aromatic nitrogens is 4. The summed E-state index contributed by atoms with van der Waals surface area (Å²) in [5.41, 5.74) is 5.58. The van der Waals surface area contributed by atoms with Gasteiger partial charge in [0, 0.05) is 5.39 Å². The molecule has 0 radical (unpaired) electrons. The minimum Gasteiger partial charge on any atom is -0.265 e. The number of aryl methyl sites for hydroxylation is 2. The molecule has 0 amide bonds. The molecule has 0 aliphatic carbocycles. The minimum absolute atomic E-state index is 0.122. The van der Waals surface area contributed by atoms with Gasteiger partial charge in [-0.15, -0.1) is 0 Å². The van der Waals surface area contributed by atoms with Crippen LogP contribution in [0.3, 0.4) is 0 Å². The van der Waals surface area contributed by atoms with Gasteiger partial charge < -0.3 is 0 Å². The van der Waals surface area contributed by atoms with Gasteiger partial charge in [-0.1, -0.05) is 56.3 Å². The molecule has 5 nitrogen and oxygen atoms in total. The second kappa shape index (κ2) is 7.08. The van der Waals surface area contributed by atoms with Crippen molar-refractivity contribution in [1.29, 1.82) is 0 Å². The van der Waals surface area contributed by atoms with Gasteiger partial charge in [-0.2, -0.15) is 10.2 Å². The van der Waals surface area contributed by atoms with Gasteiger partial charge >= 0.3 is 0 Å². The van der Waals surface area contributed by atoms with Gasteiger partial charge in [0.05, 0.1) is 24.1 Å². The van der Waals surface area contributed by atoms with Crippen molar-refractivity contribution < 1.29 is 0 Å². The summed E-state index contributed by atoms with van der Waals surface area (Å²) in [7, 11) is 0. The second-order valence-electron chi connectivity index (χ2n) is 7.53. The molecule has 4 rings (SSSR count). The summed E-state index contributed by atoms with van der Waals surface area (Å²) < 4.78 is 3.34. The lowest BCUT2D eigenvalue weighted by Crippen LogP contribution is -2.27. The normalized spacial score (nSPS) is 11.5. The van der Waals surface area contributed by atoms with Crippen LogP contribution < -0.4 is 5.56 Å². The van der Waals surface area contributed by atoms with Gasteiger partial charge in [0.1, 0.15) is 5.52 Å². The first-order chi connectivity index (χ1) is 13.5. The van der Waals surface area contributed by atoms with Crippen LogP contribution in [0.5, 0.6) is 0 Å². The molecule has 0 spiro atoms. The SMILES string of the molecule is Cc1ccccc1Cn1nc(C(C)C)c2cnn(-c3ccccc3C)c2c1=O. The molecule has 0 fully saturated rings. The van der Waals surface area contributed by atoms with E-state index < -0.39 is 0 Å². The monoisotopic (exact) mass is 372 g/mol. The molecule has 0 N–H and O–H groups in total. The van der Waals surface area contributed by atoms with Gasteiger partial charge in [-0.3, -0.25) is 4.79 Å². The van der Waals surface area contributed by atoms with Crippen LogP contribution in [0.4, 0.5) is 0 Å². The van der Waals surface area contributed by atoms with Crippen molar-refractivity contribution in [3.63, 3.8) is 0 Å². The van der Waals surface area contributed by atoms with Crippen LogP contribution in [0.15, 0.2) is 59.5 Å². The summed E-state index contributed by atoms with van der Waals surface area (Å²) in [6.45, 7) is 8.71. The van der Waals surface area contributed by atoms with Crippen LogP contribution in [0, 0.1) is 13.8 Å².